The van der Waals surface area contributed by atoms with Crippen molar-refractivity contribution in [1.82, 2.24) is 4.90 Å². The van der Waals surface area contributed by atoms with Gasteiger partial charge in [0.05, 0.1) is 11.1 Å². The van der Waals surface area contributed by atoms with E-state index in [0.717, 1.165) is 30.4 Å². The van der Waals surface area contributed by atoms with E-state index in [1.54, 1.807) is 48.5 Å². The number of nitrogens with two attached hydrogens (primary N) is 1. The molecular weight excluding hydrogens is 564 g/mol. The number of carbonyl (C=O) groups is 4. The zero-order valence-corrected chi connectivity index (χ0v) is 23.4. The van der Waals surface area contributed by atoms with E-state index in [1.807, 2.05) is 6.07 Å². The Bertz CT molecular complexity index is 1490. The van der Waals surface area contributed by atoms with Gasteiger partial charge in [-0.1, -0.05) is 18.2 Å². The van der Waals surface area contributed by atoms with Gasteiger partial charge in [0.2, 0.25) is 5.91 Å². The molecule has 0 radical (unpaired) electrons. The first kappa shape index (κ1) is 31.6. The molecule has 42 heavy (non-hydrogen) atoms. The Morgan fingerprint density at radius 3 is 2.40 bits per heavy atom. The monoisotopic (exact) mass is 594 g/mol. The van der Waals surface area contributed by atoms with Crippen LogP contribution in [-0.4, -0.2) is 51.4 Å². The van der Waals surface area contributed by atoms with Crippen molar-refractivity contribution in [1.29, 1.82) is 5.41 Å². The van der Waals surface area contributed by atoms with E-state index in [0.29, 0.717) is 22.6 Å². The molecule has 1 aliphatic carbocycles. The van der Waals surface area contributed by atoms with Crippen LogP contribution in [0.4, 0.5) is 5.69 Å². The fourth-order valence-electron chi connectivity index (χ4n) is 4.94. The van der Waals surface area contributed by atoms with Crippen LogP contribution >= 0.6 is 12.4 Å². The lowest BCUT2D eigenvalue weighted by atomic mass is 9.80. The highest BCUT2D eigenvalue weighted by molar-refractivity contribution is 5.93. The molecule has 11 nitrogen and oxygen atoms in total. The molecule has 4 rings (SSSR count). The molecule has 6 N–H and O–H groups in total. The van der Waals surface area contributed by atoms with E-state index in [1.165, 1.54) is 17.0 Å². The number of carboxylic acids is 2. The largest absolute Gasteiger partial charge is 0.480 e. The molecule has 0 saturated heterocycles. The van der Waals surface area contributed by atoms with Gasteiger partial charge in [-0.2, -0.15) is 0 Å². The van der Waals surface area contributed by atoms with E-state index in [2.05, 4.69) is 5.32 Å². The highest BCUT2D eigenvalue weighted by Gasteiger charge is 2.27. The van der Waals surface area contributed by atoms with Gasteiger partial charge in [0.25, 0.3) is 0 Å². The number of rotatable bonds is 10. The number of halogens is 1. The maximum absolute atomic E-state index is 13.3. The predicted octanol–water partition coefficient (Wildman–Crippen LogP) is 4.25. The summed E-state index contributed by atoms with van der Waals surface area (Å²) in [4.78, 5) is 50.0. The Labute approximate surface area is 248 Å². The molecule has 220 valence electrons. The molecule has 1 aliphatic rings. The summed E-state index contributed by atoms with van der Waals surface area (Å²) in [6, 6.07) is 17.8. The van der Waals surface area contributed by atoms with E-state index in [9.17, 15) is 29.4 Å². The number of carboxylic acid groups (broad SMARTS) is 2. The number of aliphatic carboxylic acids is 1. The molecule has 1 amide bonds. The zero-order chi connectivity index (χ0) is 29.5. The van der Waals surface area contributed by atoms with Crippen LogP contribution in [0.25, 0.3) is 0 Å². The molecule has 0 heterocycles. The van der Waals surface area contributed by atoms with Gasteiger partial charge < -0.3 is 30.9 Å². The number of ether oxygens (including phenoxy) is 1. The van der Waals surface area contributed by atoms with E-state index in [4.69, 9.17) is 15.9 Å². The SMILES string of the molecule is Cl.N=C(N)Nc1ccc(C(=O)Oc2ccc3c(c2)CCCC3CC(=O)N(CC(=O)O)Cc2cccc(C(=O)O)c2)cc1. The lowest BCUT2D eigenvalue weighted by molar-refractivity contribution is -0.145. The zero-order valence-electron chi connectivity index (χ0n) is 22.5. The highest BCUT2D eigenvalue weighted by Crippen LogP contribution is 2.36. The molecule has 0 saturated carbocycles. The number of benzene rings is 3. The van der Waals surface area contributed by atoms with Crippen LogP contribution in [0.3, 0.4) is 0 Å². The molecule has 1 atom stereocenters. The molecule has 0 fully saturated rings. The second-order valence-electron chi connectivity index (χ2n) is 9.81. The number of fused-ring (bicyclic) bond motifs is 1. The molecule has 3 aromatic carbocycles. The number of nitrogens with zero attached hydrogens (tertiary/aromatic N) is 1. The van der Waals surface area contributed by atoms with Gasteiger partial charge in [-0.15, -0.1) is 12.4 Å². The van der Waals surface area contributed by atoms with Crippen molar-refractivity contribution in [2.75, 3.05) is 11.9 Å². The Morgan fingerprint density at radius 2 is 1.74 bits per heavy atom. The van der Waals surface area contributed by atoms with Crippen molar-refractivity contribution in [3.05, 3.63) is 94.5 Å². The summed E-state index contributed by atoms with van der Waals surface area (Å²) in [5.74, 6) is -3.13. The first-order valence-electron chi connectivity index (χ1n) is 13.0. The molecule has 0 bridgehead atoms. The molecule has 1 unspecified atom stereocenters. The number of guanidine groups is 1. The molecule has 12 heteroatoms. The Kier molecular flexibility index (Phi) is 10.6. The van der Waals surface area contributed by atoms with E-state index in [-0.39, 0.29) is 48.7 Å². The van der Waals surface area contributed by atoms with Gasteiger partial charge in [-0.05, 0) is 90.4 Å². The fourth-order valence-corrected chi connectivity index (χ4v) is 4.94. The first-order chi connectivity index (χ1) is 19.6. The molecule has 0 aromatic heterocycles. The maximum Gasteiger partial charge on any atom is 0.343 e. The number of carbonyl (C=O) groups excluding carboxylic acids is 2. The number of amides is 1. The minimum Gasteiger partial charge on any atom is -0.480 e. The maximum atomic E-state index is 13.3. The van der Waals surface area contributed by atoms with E-state index < -0.39 is 24.5 Å². The van der Waals surface area contributed by atoms with Crippen LogP contribution in [0.1, 0.15) is 62.6 Å². The molecule has 0 aliphatic heterocycles. The summed E-state index contributed by atoms with van der Waals surface area (Å²) in [6.45, 7) is -0.525. The quantitative estimate of drug-likeness (QED) is 0.0990. The molecular formula is C30H31ClN4O7. The number of aromatic carboxylic acids is 1. The van der Waals surface area contributed by atoms with Crippen molar-refractivity contribution in [3.63, 3.8) is 0 Å². The average molecular weight is 595 g/mol. The van der Waals surface area contributed by atoms with Gasteiger partial charge in [-0.25, -0.2) is 9.59 Å². The van der Waals surface area contributed by atoms with Crippen molar-refractivity contribution in [3.8, 4) is 5.75 Å². The third-order valence-corrected chi connectivity index (χ3v) is 6.81. The van der Waals surface area contributed by atoms with Gasteiger partial charge in [-0.3, -0.25) is 15.0 Å². The van der Waals surface area contributed by atoms with Gasteiger partial charge in [0, 0.05) is 18.7 Å². The topological polar surface area (TPSA) is 183 Å². The van der Waals surface area contributed by atoms with Crippen molar-refractivity contribution in [2.45, 2.75) is 38.1 Å². The first-order valence-corrected chi connectivity index (χ1v) is 13.0. The summed E-state index contributed by atoms with van der Waals surface area (Å²) < 4.78 is 5.57. The van der Waals surface area contributed by atoms with Crippen molar-refractivity contribution >= 4 is 47.9 Å². The third-order valence-electron chi connectivity index (χ3n) is 6.81. The van der Waals surface area contributed by atoms with Gasteiger partial charge in [0.15, 0.2) is 5.96 Å². The normalized spacial score (nSPS) is 13.6. The van der Waals surface area contributed by atoms with Gasteiger partial charge >= 0.3 is 17.9 Å². The summed E-state index contributed by atoms with van der Waals surface area (Å²) in [5.41, 5.74) is 8.71. The lowest BCUT2D eigenvalue weighted by Gasteiger charge is -2.28. The average Bonchev–Trinajstić information content (AvgIpc) is 2.92. The van der Waals surface area contributed by atoms with Crippen LogP contribution < -0.4 is 15.8 Å². The minimum atomic E-state index is -1.16. The van der Waals surface area contributed by atoms with Crippen LogP contribution in [0.2, 0.25) is 0 Å². The van der Waals surface area contributed by atoms with Gasteiger partial charge in [0.1, 0.15) is 12.3 Å². The lowest BCUT2D eigenvalue weighted by Crippen LogP contribution is -2.36. The van der Waals surface area contributed by atoms with Crippen molar-refractivity contribution in [2.24, 2.45) is 5.73 Å². The molecule has 3 aromatic rings. The fraction of sp³-hybridized carbons (Fsp3) is 0.233. The Hall–Kier alpha value is -4.90. The number of anilines is 1. The van der Waals surface area contributed by atoms with E-state index >= 15 is 0 Å². The minimum absolute atomic E-state index is 0. The Morgan fingerprint density at radius 1 is 1.00 bits per heavy atom. The third kappa shape index (κ3) is 8.31. The van der Waals surface area contributed by atoms with Crippen molar-refractivity contribution < 1.29 is 34.1 Å². The number of esters is 1. The summed E-state index contributed by atoms with van der Waals surface area (Å²) in [7, 11) is 0. The van der Waals surface area contributed by atoms with Crippen LogP contribution in [-0.2, 0) is 22.6 Å². The summed E-state index contributed by atoms with van der Waals surface area (Å²) in [5, 5.41) is 28.6. The number of aryl methyl sites for hydroxylation is 1. The van der Waals surface area contributed by atoms with Crippen LogP contribution in [0, 0.1) is 5.41 Å². The standard InChI is InChI=1S/C30H30N4O7.ClH/c31-30(32)33-23-9-7-19(8-10-23)29(40)41-24-11-12-25-20(14-24)4-2-5-21(25)15-26(35)34(17-27(36)37)16-18-3-1-6-22(13-18)28(38)39;/h1,3,6-14,21H,2,4-5,15-17H2,(H,36,37)(H,38,39)(H4,31,32,33);1H. The second-order valence-corrected chi connectivity index (χ2v) is 9.81. The highest BCUT2D eigenvalue weighted by atomic mass is 35.5. The number of hydrogen-bond donors (Lipinski definition) is 5. The number of nitrogens with one attached hydrogen (secondary N) is 2. The number of hydrogen-bond acceptors (Lipinski definition) is 6. The Balaban J connectivity index is 0.00000484. The van der Waals surface area contributed by atoms with Crippen LogP contribution in [0.5, 0.6) is 5.75 Å². The van der Waals surface area contributed by atoms with Crippen LogP contribution in [0.15, 0.2) is 66.7 Å². The predicted molar refractivity (Wildman–Crippen MR) is 157 cm³/mol. The molecule has 0 spiro atoms. The smallest absolute Gasteiger partial charge is 0.343 e. The summed E-state index contributed by atoms with van der Waals surface area (Å²) in [6.07, 6.45) is 2.40. The second kappa shape index (κ2) is 14.1. The summed E-state index contributed by atoms with van der Waals surface area (Å²) >= 11 is 0.